The van der Waals surface area contributed by atoms with Crippen molar-refractivity contribution in [1.82, 2.24) is 19.1 Å². The minimum absolute atomic E-state index is 0.0660. The van der Waals surface area contributed by atoms with Crippen LogP contribution in [0.5, 0.6) is 0 Å². The number of benzene rings is 1. The Labute approximate surface area is 183 Å². The minimum Gasteiger partial charge on any atom is -0.325 e. The highest BCUT2D eigenvalue weighted by molar-refractivity contribution is 8.00. The third kappa shape index (κ3) is 5.57. The van der Waals surface area contributed by atoms with E-state index in [1.807, 2.05) is 0 Å². The molecule has 1 aromatic carbocycles. The van der Waals surface area contributed by atoms with Crippen molar-refractivity contribution in [1.29, 1.82) is 0 Å². The lowest BCUT2D eigenvalue weighted by Crippen LogP contribution is -2.31. The maximum atomic E-state index is 12.9. The van der Waals surface area contributed by atoms with Crippen LogP contribution < -0.4 is 5.32 Å². The van der Waals surface area contributed by atoms with Crippen LogP contribution >= 0.6 is 11.8 Å². The van der Waals surface area contributed by atoms with Crippen molar-refractivity contribution in [3.05, 3.63) is 29.6 Å². The lowest BCUT2D eigenvalue weighted by atomic mass is 10.2. The Morgan fingerprint density at radius 1 is 1.26 bits per heavy atom. The molecule has 1 heterocycles. The monoisotopic (exact) mass is 479 g/mol. The molecule has 0 spiro atoms. The van der Waals surface area contributed by atoms with Gasteiger partial charge in [0, 0.05) is 25.8 Å². The Kier molecular flexibility index (Phi) is 7.76. The Bertz CT molecular complexity index is 1050. The molecule has 2 rings (SSSR count). The number of rotatable bonds is 8. The molecule has 0 saturated carbocycles. The van der Waals surface area contributed by atoms with E-state index < -0.39 is 33.2 Å². The summed E-state index contributed by atoms with van der Waals surface area (Å²) in [6, 6.07) is 4.53. The number of carbonyl (C=O) groups is 1. The zero-order valence-electron chi connectivity index (χ0n) is 17.7. The number of thioether (sulfide) groups is 1. The first kappa shape index (κ1) is 25.1. The van der Waals surface area contributed by atoms with E-state index in [1.54, 1.807) is 32.9 Å². The molecule has 8 nitrogen and oxygen atoms in total. The van der Waals surface area contributed by atoms with Crippen LogP contribution in [0.1, 0.15) is 32.2 Å². The van der Waals surface area contributed by atoms with Crippen LogP contribution in [0, 0.1) is 6.92 Å². The van der Waals surface area contributed by atoms with Gasteiger partial charge in [-0.3, -0.25) is 4.79 Å². The predicted octanol–water partition coefficient (Wildman–Crippen LogP) is 3.29. The molecule has 1 N–H and O–H groups in total. The Morgan fingerprint density at radius 3 is 2.39 bits per heavy atom. The number of alkyl halides is 3. The Balaban J connectivity index is 2.20. The summed E-state index contributed by atoms with van der Waals surface area (Å²) >= 11 is 0.810. The molecule has 0 saturated heterocycles. The Morgan fingerprint density at radius 2 is 1.87 bits per heavy atom. The van der Waals surface area contributed by atoms with Crippen LogP contribution in [0.25, 0.3) is 0 Å². The van der Waals surface area contributed by atoms with E-state index in [0.717, 1.165) is 16.3 Å². The molecular formula is C18H24F3N5O3S2. The van der Waals surface area contributed by atoms with E-state index in [4.69, 9.17) is 0 Å². The summed E-state index contributed by atoms with van der Waals surface area (Å²) in [7, 11) is -2.56. The second-order valence-electron chi connectivity index (χ2n) is 6.68. The number of hydrogen-bond acceptors (Lipinski definition) is 6. The summed E-state index contributed by atoms with van der Waals surface area (Å²) in [6.45, 7) is 7.24. The summed E-state index contributed by atoms with van der Waals surface area (Å²) in [4.78, 5) is 12.6. The van der Waals surface area contributed by atoms with Gasteiger partial charge in [-0.2, -0.15) is 17.5 Å². The first-order chi connectivity index (χ1) is 14.3. The van der Waals surface area contributed by atoms with Crippen LogP contribution in [0.15, 0.2) is 28.3 Å². The van der Waals surface area contributed by atoms with Gasteiger partial charge in [0.05, 0.1) is 10.1 Å². The van der Waals surface area contributed by atoms with Crippen LogP contribution in [-0.4, -0.2) is 51.7 Å². The zero-order valence-corrected chi connectivity index (χ0v) is 19.3. The molecule has 0 aliphatic carbocycles. The van der Waals surface area contributed by atoms with Crippen LogP contribution in [0.4, 0.5) is 18.9 Å². The molecule has 2 aromatic rings. The quantitative estimate of drug-likeness (QED) is 0.584. The summed E-state index contributed by atoms with van der Waals surface area (Å²) in [5.74, 6) is -1.68. The lowest BCUT2D eigenvalue weighted by Gasteiger charge is -2.20. The molecule has 0 radical (unpaired) electrons. The molecule has 0 fully saturated rings. The smallest absolute Gasteiger partial charge is 0.325 e. The number of hydrogen-bond donors (Lipinski definition) is 1. The van der Waals surface area contributed by atoms with Gasteiger partial charge < -0.3 is 9.88 Å². The molecule has 1 unspecified atom stereocenters. The fourth-order valence-electron chi connectivity index (χ4n) is 2.78. The van der Waals surface area contributed by atoms with Crippen molar-refractivity contribution in [3.8, 4) is 0 Å². The van der Waals surface area contributed by atoms with Crippen molar-refractivity contribution in [2.24, 2.45) is 7.05 Å². The summed E-state index contributed by atoms with van der Waals surface area (Å²) < 4.78 is 66.3. The van der Waals surface area contributed by atoms with E-state index in [9.17, 15) is 26.4 Å². The van der Waals surface area contributed by atoms with Gasteiger partial charge in [-0.15, -0.1) is 10.2 Å². The van der Waals surface area contributed by atoms with Crippen LogP contribution in [-0.2, 0) is 28.0 Å². The van der Waals surface area contributed by atoms with Gasteiger partial charge in [0.15, 0.2) is 5.16 Å². The second-order valence-corrected chi connectivity index (χ2v) is 9.90. The third-order valence-electron chi connectivity index (χ3n) is 4.52. The van der Waals surface area contributed by atoms with Crippen LogP contribution in [0.3, 0.4) is 0 Å². The highest BCUT2D eigenvalue weighted by Crippen LogP contribution is 2.31. The standard InChI is InChI=1S/C18H24F3N5O3S2/c1-6-26(7-2)31(28,29)14-10-13(9-8-11(14)3)22-15(27)12(4)30-17-24-23-16(25(17)5)18(19,20)21/h8-10,12H,6-7H2,1-5H3,(H,22,27). The molecule has 1 aromatic heterocycles. The lowest BCUT2D eigenvalue weighted by molar-refractivity contribution is -0.147. The SMILES string of the molecule is CCN(CC)S(=O)(=O)c1cc(NC(=O)C(C)Sc2nnc(C(F)(F)F)n2C)ccc1C. The van der Waals surface area contributed by atoms with Crippen molar-refractivity contribution in [2.45, 2.75) is 49.2 Å². The minimum atomic E-state index is -4.65. The van der Waals surface area contributed by atoms with E-state index in [0.29, 0.717) is 18.7 Å². The predicted molar refractivity (Wildman–Crippen MR) is 111 cm³/mol. The number of aromatic nitrogens is 3. The molecule has 172 valence electrons. The topological polar surface area (TPSA) is 97.2 Å². The van der Waals surface area contributed by atoms with Gasteiger partial charge >= 0.3 is 6.18 Å². The van der Waals surface area contributed by atoms with E-state index >= 15 is 0 Å². The molecule has 13 heteroatoms. The molecule has 0 aliphatic heterocycles. The van der Waals surface area contributed by atoms with Gasteiger partial charge in [0.1, 0.15) is 0 Å². The number of halogens is 3. The van der Waals surface area contributed by atoms with Gasteiger partial charge in [-0.05, 0) is 31.5 Å². The molecule has 0 aliphatic rings. The van der Waals surface area contributed by atoms with E-state index in [1.165, 1.54) is 24.3 Å². The maximum absolute atomic E-state index is 12.9. The first-order valence-corrected chi connectivity index (χ1v) is 11.7. The fourth-order valence-corrected chi connectivity index (χ4v) is 5.30. The second kappa shape index (κ2) is 9.57. The van der Waals surface area contributed by atoms with Crippen molar-refractivity contribution in [3.63, 3.8) is 0 Å². The van der Waals surface area contributed by atoms with Crippen LogP contribution in [0.2, 0.25) is 0 Å². The van der Waals surface area contributed by atoms with Crippen molar-refractivity contribution >= 4 is 33.4 Å². The highest BCUT2D eigenvalue weighted by atomic mass is 32.2. The number of aryl methyl sites for hydroxylation is 1. The van der Waals surface area contributed by atoms with E-state index in [-0.39, 0.29) is 15.7 Å². The van der Waals surface area contributed by atoms with Crippen molar-refractivity contribution in [2.75, 3.05) is 18.4 Å². The average molecular weight is 480 g/mol. The molecule has 1 amide bonds. The third-order valence-corrected chi connectivity index (χ3v) is 7.84. The number of nitrogens with one attached hydrogen (secondary N) is 1. The molecule has 31 heavy (non-hydrogen) atoms. The van der Waals surface area contributed by atoms with Gasteiger partial charge in [-0.25, -0.2) is 8.42 Å². The number of sulfonamides is 1. The molecule has 0 bridgehead atoms. The normalized spacial score (nSPS) is 13.5. The van der Waals surface area contributed by atoms with Crippen molar-refractivity contribution < 1.29 is 26.4 Å². The zero-order chi connectivity index (χ0) is 23.6. The number of anilines is 1. The summed E-state index contributed by atoms with van der Waals surface area (Å²) in [5.41, 5.74) is 0.800. The maximum Gasteiger partial charge on any atom is 0.451 e. The van der Waals surface area contributed by atoms with Gasteiger partial charge in [-0.1, -0.05) is 31.7 Å². The van der Waals surface area contributed by atoms with E-state index in [2.05, 4.69) is 15.5 Å². The largest absolute Gasteiger partial charge is 0.451 e. The number of carbonyl (C=O) groups excluding carboxylic acids is 1. The number of amides is 1. The first-order valence-electron chi connectivity index (χ1n) is 9.37. The summed E-state index contributed by atoms with van der Waals surface area (Å²) in [6.07, 6.45) is -4.65. The summed E-state index contributed by atoms with van der Waals surface area (Å²) in [5, 5.41) is 8.36. The average Bonchev–Trinajstić information content (AvgIpc) is 3.04. The van der Waals surface area contributed by atoms with Gasteiger partial charge in [0.2, 0.25) is 21.8 Å². The molecule has 1 atom stereocenters. The fraction of sp³-hybridized carbons (Fsp3) is 0.500. The molecular weight excluding hydrogens is 455 g/mol. The Hall–Kier alpha value is -2.12. The number of nitrogens with zero attached hydrogens (tertiary/aromatic N) is 4. The van der Waals surface area contributed by atoms with Gasteiger partial charge in [0.25, 0.3) is 0 Å². The highest BCUT2D eigenvalue weighted by Gasteiger charge is 2.38.